The molecule has 0 aliphatic carbocycles. The van der Waals surface area contributed by atoms with Crippen LogP contribution in [-0.2, 0) is 4.74 Å². The molecule has 1 N–H and O–H groups in total. The predicted molar refractivity (Wildman–Crippen MR) is 60.6 cm³/mol. The molecular weight excluding hydrogens is 188 g/mol. The Morgan fingerprint density at radius 2 is 2.53 bits per heavy atom. The Bertz CT molecular complexity index is 248. The molecule has 2 aliphatic heterocycles. The van der Waals surface area contributed by atoms with E-state index in [9.17, 15) is 0 Å². The Balaban J connectivity index is 1.91. The number of likely N-dealkylation sites (N-methyl/N-ethyl adjacent to an activating group) is 1. The van der Waals surface area contributed by atoms with Crippen LogP contribution in [0.1, 0.15) is 19.8 Å². The molecule has 2 rings (SSSR count). The number of terminal acetylenes is 1. The van der Waals surface area contributed by atoms with Crippen molar-refractivity contribution in [1.29, 1.82) is 0 Å². The number of hydrogen-bond acceptors (Lipinski definition) is 3. The zero-order valence-corrected chi connectivity index (χ0v) is 9.41. The Morgan fingerprint density at radius 1 is 1.67 bits per heavy atom. The molecule has 0 bridgehead atoms. The van der Waals surface area contributed by atoms with Crippen LogP contribution >= 0.6 is 0 Å². The molecule has 0 saturated carbocycles. The molecule has 2 fully saturated rings. The average molecular weight is 208 g/mol. The van der Waals surface area contributed by atoms with Crippen LogP contribution in [0.3, 0.4) is 0 Å². The summed E-state index contributed by atoms with van der Waals surface area (Å²) in [7, 11) is 0. The smallest absolute Gasteiger partial charge is 0.0968 e. The third-order valence-corrected chi connectivity index (χ3v) is 3.39. The van der Waals surface area contributed by atoms with Crippen LogP contribution in [0.25, 0.3) is 0 Å². The Kier molecular flexibility index (Phi) is 3.63. The van der Waals surface area contributed by atoms with Gasteiger partial charge in [-0.05, 0) is 25.9 Å². The van der Waals surface area contributed by atoms with Crippen molar-refractivity contribution in [2.45, 2.75) is 38.0 Å². The third kappa shape index (κ3) is 2.34. The number of fused-ring (bicyclic) bond motifs is 1. The first-order chi connectivity index (χ1) is 7.35. The molecule has 0 aromatic heterocycles. The predicted octanol–water partition coefficient (Wildman–Crippen LogP) is 0.461. The topological polar surface area (TPSA) is 24.5 Å². The molecule has 2 heterocycles. The highest BCUT2D eigenvalue weighted by atomic mass is 16.5. The Hall–Kier alpha value is -0.560. The van der Waals surface area contributed by atoms with Crippen molar-refractivity contribution in [2.24, 2.45) is 0 Å². The van der Waals surface area contributed by atoms with Crippen LogP contribution < -0.4 is 5.32 Å². The van der Waals surface area contributed by atoms with Crippen molar-refractivity contribution in [3.8, 4) is 12.3 Å². The number of nitrogens with one attached hydrogen (secondary N) is 1. The molecule has 2 aliphatic rings. The molecule has 3 heteroatoms. The van der Waals surface area contributed by atoms with Gasteiger partial charge in [-0.2, -0.15) is 0 Å². The minimum Gasteiger partial charge on any atom is -0.373 e. The summed E-state index contributed by atoms with van der Waals surface area (Å²) in [6.45, 7) is 6.04. The molecule has 3 unspecified atom stereocenters. The van der Waals surface area contributed by atoms with E-state index in [4.69, 9.17) is 11.2 Å². The molecule has 3 atom stereocenters. The maximum absolute atomic E-state index is 5.85. The van der Waals surface area contributed by atoms with Gasteiger partial charge in [0.25, 0.3) is 0 Å². The second-order valence-corrected chi connectivity index (χ2v) is 4.36. The summed E-state index contributed by atoms with van der Waals surface area (Å²) in [5, 5.41) is 3.29. The van der Waals surface area contributed by atoms with E-state index in [0.29, 0.717) is 6.04 Å². The molecule has 2 saturated heterocycles. The quantitative estimate of drug-likeness (QED) is 0.682. The molecule has 3 nitrogen and oxygen atoms in total. The molecule has 15 heavy (non-hydrogen) atoms. The maximum atomic E-state index is 5.85. The van der Waals surface area contributed by atoms with Gasteiger partial charge in [0, 0.05) is 12.6 Å². The van der Waals surface area contributed by atoms with Crippen molar-refractivity contribution >= 4 is 0 Å². The fourth-order valence-corrected chi connectivity index (χ4v) is 2.56. The lowest BCUT2D eigenvalue weighted by molar-refractivity contribution is -0.0561. The SMILES string of the molecule is C#CC(NCC)C1CN2CCCC2CO1. The number of hydrogen-bond donors (Lipinski definition) is 1. The lowest BCUT2D eigenvalue weighted by Crippen LogP contribution is -2.53. The second kappa shape index (κ2) is 4.98. The van der Waals surface area contributed by atoms with Crippen LogP contribution in [0.2, 0.25) is 0 Å². The lowest BCUT2D eigenvalue weighted by atomic mass is 10.1. The Morgan fingerprint density at radius 3 is 3.27 bits per heavy atom. The molecule has 84 valence electrons. The fraction of sp³-hybridized carbons (Fsp3) is 0.833. The molecule has 0 spiro atoms. The van der Waals surface area contributed by atoms with Crippen molar-refractivity contribution in [3.63, 3.8) is 0 Å². The first-order valence-corrected chi connectivity index (χ1v) is 5.90. The third-order valence-electron chi connectivity index (χ3n) is 3.39. The number of rotatable bonds is 3. The lowest BCUT2D eigenvalue weighted by Gasteiger charge is -2.37. The number of ether oxygens (including phenoxy) is 1. The minimum absolute atomic E-state index is 0.0663. The summed E-state index contributed by atoms with van der Waals surface area (Å²) >= 11 is 0. The summed E-state index contributed by atoms with van der Waals surface area (Å²) in [5.74, 6) is 2.79. The van der Waals surface area contributed by atoms with Crippen LogP contribution in [0.5, 0.6) is 0 Å². The van der Waals surface area contributed by atoms with Crippen LogP contribution in [0, 0.1) is 12.3 Å². The monoisotopic (exact) mass is 208 g/mol. The van der Waals surface area contributed by atoms with E-state index in [-0.39, 0.29) is 12.1 Å². The van der Waals surface area contributed by atoms with Crippen molar-refractivity contribution < 1.29 is 4.74 Å². The van der Waals surface area contributed by atoms with Gasteiger partial charge in [-0.25, -0.2) is 0 Å². The largest absolute Gasteiger partial charge is 0.373 e. The fourth-order valence-electron chi connectivity index (χ4n) is 2.56. The van der Waals surface area contributed by atoms with Gasteiger partial charge in [0.1, 0.15) is 0 Å². The normalized spacial score (nSPS) is 33.3. The molecule has 0 aromatic rings. The number of morpholine rings is 1. The van der Waals surface area contributed by atoms with Gasteiger partial charge in [0.05, 0.1) is 18.8 Å². The standard InChI is InChI=1S/C12H20N2O/c1-3-11(13-4-2)12-8-14-7-5-6-10(14)9-15-12/h1,10-13H,4-9H2,2H3. The highest BCUT2D eigenvalue weighted by molar-refractivity contribution is 5.05. The van der Waals surface area contributed by atoms with E-state index < -0.39 is 0 Å². The highest BCUT2D eigenvalue weighted by Gasteiger charge is 2.34. The van der Waals surface area contributed by atoms with Gasteiger partial charge in [-0.15, -0.1) is 6.42 Å². The van der Waals surface area contributed by atoms with E-state index in [1.807, 2.05) is 0 Å². The summed E-state index contributed by atoms with van der Waals surface area (Å²) < 4.78 is 5.85. The summed E-state index contributed by atoms with van der Waals surface area (Å²) in [6.07, 6.45) is 8.28. The van der Waals surface area contributed by atoms with Gasteiger partial charge in [0.2, 0.25) is 0 Å². The summed E-state index contributed by atoms with van der Waals surface area (Å²) in [6, 6.07) is 0.720. The molecule has 0 aromatic carbocycles. The minimum atomic E-state index is 0.0663. The average Bonchev–Trinajstić information content (AvgIpc) is 2.72. The van der Waals surface area contributed by atoms with E-state index in [1.54, 1.807) is 0 Å². The van der Waals surface area contributed by atoms with Gasteiger partial charge in [-0.3, -0.25) is 4.90 Å². The summed E-state index contributed by atoms with van der Waals surface area (Å²) in [5.41, 5.74) is 0. The van der Waals surface area contributed by atoms with Crippen LogP contribution in [0.15, 0.2) is 0 Å². The van der Waals surface area contributed by atoms with E-state index in [0.717, 1.165) is 19.7 Å². The van der Waals surface area contributed by atoms with Crippen molar-refractivity contribution in [3.05, 3.63) is 0 Å². The zero-order valence-electron chi connectivity index (χ0n) is 9.41. The molecular formula is C12H20N2O. The first kappa shape index (κ1) is 10.9. The van der Waals surface area contributed by atoms with Gasteiger partial charge in [-0.1, -0.05) is 12.8 Å². The molecule has 0 amide bonds. The van der Waals surface area contributed by atoms with Gasteiger partial charge >= 0.3 is 0 Å². The van der Waals surface area contributed by atoms with Crippen LogP contribution in [0.4, 0.5) is 0 Å². The van der Waals surface area contributed by atoms with Crippen LogP contribution in [-0.4, -0.2) is 49.3 Å². The second-order valence-electron chi connectivity index (χ2n) is 4.36. The maximum Gasteiger partial charge on any atom is 0.0968 e. The first-order valence-electron chi connectivity index (χ1n) is 5.90. The van der Waals surface area contributed by atoms with E-state index in [2.05, 4.69) is 23.1 Å². The van der Waals surface area contributed by atoms with E-state index in [1.165, 1.54) is 19.4 Å². The highest BCUT2D eigenvalue weighted by Crippen LogP contribution is 2.23. The number of nitrogens with zero attached hydrogens (tertiary/aromatic N) is 1. The van der Waals surface area contributed by atoms with Gasteiger partial charge < -0.3 is 10.1 Å². The summed E-state index contributed by atoms with van der Waals surface area (Å²) in [4.78, 5) is 2.52. The van der Waals surface area contributed by atoms with Crippen molar-refractivity contribution in [1.82, 2.24) is 10.2 Å². The van der Waals surface area contributed by atoms with Crippen molar-refractivity contribution in [2.75, 3.05) is 26.2 Å². The van der Waals surface area contributed by atoms with E-state index >= 15 is 0 Å². The Labute approximate surface area is 92.2 Å². The molecule has 0 radical (unpaired) electrons. The zero-order chi connectivity index (χ0) is 10.7. The van der Waals surface area contributed by atoms with Gasteiger partial charge in [0.15, 0.2) is 0 Å².